The largest absolute Gasteiger partial charge is 0.497 e. The van der Waals surface area contributed by atoms with Gasteiger partial charge in [0.05, 0.1) is 12.0 Å². The van der Waals surface area contributed by atoms with Crippen LogP contribution < -0.4 is 9.46 Å². The molecule has 0 aliphatic carbocycles. The summed E-state index contributed by atoms with van der Waals surface area (Å²) in [4.78, 5) is 0.343. The highest BCUT2D eigenvalue weighted by molar-refractivity contribution is 7.89. The number of rotatable bonds is 6. The van der Waals surface area contributed by atoms with Crippen molar-refractivity contribution in [3.05, 3.63) is 59.2 Å². The molecule has 2 aromatic carbocycles. The molecule has 0 aliphatic rings. The third-order valence-corrected chi connectivity index (χ3v) is 5.40. The van der Waals surface area contributed by atoms with E-state index in [1.54, 1.807) is 20.1 Å². The summed E-state index contributed by atoms with van der Waals surface area (Å²) < 4.78 is 33.1. The lowest BCUT2D eigenvalue weighted by Gasteiger charge is -2.16. The second-order valence-corrected chi connectivity index (χ2v) is 7.53. The fourth-order valence-corrected chi connectivity index (χ4v) is 4.09. The second-order valence-electron chi connectivity index (χ2n) is 5.85. The molecule has 0 saturated carbocycles. The minimum Gasteiger partial charge on any atom is -0.497 e. The van der Waals surface area contributed by atoms with Gasteiger partial charge in [0.1, 0.15) is 5.75 Å². The Morgan fingerprint density at radius 2 is 1.87 bits per heavy atom. The van der Waals surface area contributed by atoms with Gasteiger partial charge < -0.3 is 4.74 Å². The van der Waals surface area contributed by atoms with Gasteiger partial charge in [0, 0.05) is 6.04 Å². The van der Waals surface area contributed by atoms with E-state index >= 15 is 0 Å². The number of aryl methyl sites for hydroxylation is 2. The van der Waals surface area contributed by atoms with Crippen molar-refractivity contribution in [1.29, 1.82) is 0 Å². The maximum atomic E-state index is 12.6. The van der Waals surface area contributed by atoms with Crippen LogP contribution in [0, 0.1) is 13.8 Å². The summed E-state index contributed by atoms with van der Waals surface area (Å²) in [6.07, 6.45) is 0.599. The van der Waals surface area contributed by atoms with Gasteiger partial charge in [0.2, 0.25) is 10.0 Å². The Morgan fingerprint density at radius 3 is 2.57 bits per heavy atom. The Bertz CT molecular complexity index is 785. The van der Waals surface area contributed by atoms with Gasteiger partial charge >= 0.3 is 0 Å². The first-order valence-corrected chi connectivity index (χ1v) is 9.02. The molecule has 0 radical (unpaired) electrons. The first kappa shape index (κ1) is 17.5. The summed E-state index contributed by atoms with van der Waals surface area (Å²) in [6.45, 7) is 5.56. The molecule has 1 unspecified atom stereocenters. The van der Waals surface area contributed by atoms with Crippen molar-refractivity contribution in [1.82, 2.24) is 4.72 Å². The number of hydrogen-bond donors (Lipinski definition) is 1. The molecule has 0 amide bonds. The fraction of sp³-hybridized carbons (Fsp3) is 0.333. The van der Waals surface area contributed by atoms with Gasteiger partial charge in [-0.25, -0.2) is 13.1 Å². The molecule has 0 heterocycles. The smallest absolute Gasteiger partial charge is 0.241 e. The lowest BCUT2D eigenvalue weighted by molar-refractivity contribution is 0.414. The summed E-state index contributed by atoms with van der Waals surface area (Å²) >= 11 is 0. The van der Waals surface area contributed by atoms with Crippen LogP contribution in [0.4, 0.5) is 0 Å². The molecular formula is C18H23NO3S. The van der Waals surface area contributed by atoms with E-state index in [9.17, 15) is 8.42 Å². The molecule has 2 aromatic rings. The van der Waals surface area contributed by atoms with E-state index in [2.05, 4.69) is 4.72 Å². The van der Waals surface area contributed by atoms with Crippen LogP contribution in [0.15, 0.2) is 47.4 Å². The van der Waals surface area contributed by atoms with Crippen molar-refractivity contribution in [3.63, 3.8) is 0 Å². The molecule has 4 nitrogen and oxygen atoms in total. The topological polar surface area (TPSA) is 55.4 Å². The van der Waals surface area contributed by atoms with Crippen molar-refractivity contribution in [2.75, 3.05) is 7.11 Å². The van der Waals surface area contributed by atoms with E-state index in [1.807, 2.05) is 50.2 Å². The second kappa shape index (κ2) is 7.15. The van der Waals surface area contributed by atoms with Gasteiger partial charge in [-0.15, -0.1) is 0 Å². The molecule has 1 N–H and O–H groups in total. The van der Waals surface area contributed by atoms with Crippen molar-refractivity contribution in [2.24, 2.45) is 0 Å². The van der Waals surface area contributed by atoms with Crippen molar-refractivity contribution < 1.29 is 13.2 Å². The summed E-state index contributed by atoms with van der Waals surface area (Å²) in [5, 5.41) is 0. The molecular weight excluding hydrogens is 310 g/mol. The van der Waals surface area contributed by atoms with E-state index in [4.69, 9.17) is 4.74 Å². The van der Waals surface area contributed by atoms with Crippen LogP contribution in [0.25, 0.3) is 0 Å². The molecule has 0 bridgehead atoms. The van der Waals surface area contributed by atoms with Gasteiger partial charge in [0.15, 0.2) is 0 Å². The van der Waals surface area contributed by atoms with Crippen LogP contribution in [0.1, 0.15) is 23.6 Å². The van der Waals surface area contributed by atoms with Crippen LogP contribution >= 0.6 is 0 Å². The van der Waals surface area contributed by atoms with E-state index in [0.717, 1.165) is 22.4 Å². The Kier molecular flexibility index (Phi) is 5.44. The van der Waals surface area contributed by atoms with Crippen LogP contribution in [-0.4, -0.2) is 21.6 Å². The number of methoxy groups -OCH3 is 1. The van der Waals surface area contributed by atoms with Gasteiger partial charge in [-0.2, -0.15) is 0 Å². The van der Waals surface area contributed by atoms with E-state index in [-0.39, 0.29) is 6.04 Å². The van der Waals surface area contributed by atoms with Crippen LogP contribution in [0.3, 0.4) is 0 Å². The molecule has 2 rings (SSSR count). The minimum atomic E-state index is -3.53. The molecule has 1 atom stereocenters. The first-order chi connectivity index (χ1) is 10.8. The molecule has 5 heteroatoms. The van der Waals surface area contributed by atoms with Gasteiger partial charge in [-0.05, 0) is 62.1 Å². The summed E-state index contributed by atoms with van der Waals surface area (Å²) in [7, 11) is -1.91. The summed E-state index contributed by atoms with van der Waals surface area (Å²) in [6, 6.07) is 12.9. The summed E-state index contributed by atoms with van der Waals surface area (Å²) in [5.41, 5.74) is 2.70. The zero-order valence-corrected chi connectivity index (χ0v) is 14.8. The third kappa shape index (κ3) is 4.56. The first-order valence-electron chi connectivity index (χ1n) is 7.54. The van der Waals surface area contributed by atoms with Gasteiger partial charge in [0.25, 0.3) is 0 Å². The Hall–Kier alpha value is -1.85. The fourth-order valence-electron chi connectivity index (χ4n) is 2.52. The standard InChI is InChI=1S/C18H23NO3S/c1-13-8-9-14(2)18(10-13)23(20,21)19-15(3)11-16-6-5-7-17(12-16)22-4/h5-10,12,15,19H,11H2,1-4H3. The van der Waals surface area contributed by atoms with Crippen molar-refractivity contribution in [2.45, 2.75) is 38.1 Å². The van der Waals surface area contributed by atoms with Gasteiger partial charge in [-0.3, -0.25) is 0 Å². The average molecular weight is 333 g/mol. The average Bonchev–Trinajstić information content (AvgIpc) is 2.49. The molecule has 23 heavy (non-hydrogen) atoms. The SMILES string of the molecule is COc1cccc(CC(C)NS(=O)(=O)c2cc(C)ccc2C)c1. The van der Waals surface area contributed by atoms with Crippen LogP contribution in [-0.2, 0) is 16.4 Å². The maximum Gasteiger partial charge on any atom is 0.241 e. The monoisotopic (exact) mass is 333 g/mol. The third-order valence-electron chi connectivity index (χ3n) is 3.67. The quantitative estimate of drug-likeness (QED) is 0.883. The Morgan fingerprint density at radius 1 is 1.13 bits per heavy atom. The highest BCUT2D eigenvalue weighted by atomic mass is 32.2. The molecule has 0 fully saturated rings. The number of benzene rings is 2. The zero-order chi connectivity index (χ0) is 17.0. The zero-order valence-electron chi connectivity index (χ0n) is 14.0. The molecule has 0 aliphatic heterocycles. The number of hydrogen-bond acceptors (Lipinski definition) is 3. The lowest BCUT2D eigenvalue weighted by atomic mass is 10.1. The van der Waals surface area contributed by atoms with Crippen LogP contribution in [0.2, 0.25) is 0 Å². The predicted octanol–water partition coefficient (Wildman–Crippen LogP) is 3.22. The number of ether oxygens (including phenoxy) is 1. The molecule has 0 saturated heterocycles. The number of nitrogens with one attached hydrogen (secondary N) is 1. The molecule has 124 valence electrons. The van der Waals surface area contributed by atoms with Crippen molar-refractivity contribution in [3.8, 4) is 5.75 Å². The minimum absolute atomic E-state index is 0.216. The van der Waals surface area contributed by atoms with E-state index in [0.29, 0.717) is 11.3 Å². The molecule has 0 spiro atoms. The lowest BCUT2D eigenvalue weighted by Crippen LogP contribution is -2.34. The van der Waals surface area contributed by atoms with Gasteiger partial charge in [-0.1, -0.05) is 24.3 Å². The predicted molar refractivity (Wildman–Crippen MR) is 92.4 cm³/mol. The van der Waals surface area contributed by atoms with E-state index in [1.165, 1.54) is 0 Å². The summed E-state index contributed by atoms with van der Waals surface area (Å²) in [5.74, 6) is 0.770. The van der Waals surface area contributed by atoms with Crippen molar-refractivity contribution >= 4 is 10.0 Å². The molecule has 0 aromatic heterocycles. The highest BCUT2D eigenvalue weighted by Gasteiger charge is 2.19. The Labute approximate surface area is 138 Å². The maximum absolute atomic E-state index is 12.6. The Balaban J connectivity index is 2.15. The number of sulfonamides is 1. The van der Waals surface area contributed by atoms with Crippen LogP contribution in [0.5, 0.6) is 5.75 Å². The highest BCUT2D eigenvalue weighted by Crippen LogP contribution is 2.18. The normalized spacial score (nSPS) is 12.9. The van der Waals surface area contributed by atoms with E-state index < -0.39 is 10.0 Å².